The Morgan fingerprint density at radius 1 is 1.33 bits per heavy atom. The number of likely N-dealkylation sites (N-methyl/N-ethyl adjacent to an activating group) is 1. The highest BCUT2D eigenvalue weighted by Crippen LogP contribution is 1.87. The number of allylic oxidation sites excluding steroid dienone is 2. The summed E-state index contributed by atoms with van der Waals surface area (Å²) in [7, 11) is 0. The van der Waals surface area contributed by atoms with Crippen LogP contribution in [0.25, 0.3) is 0 Å². The number of rotatable bonds is 5. The van der Waals surface area contributed by atoms with Crippen LogP contribution in [0.15, 0.2) is 37.5 Å². The van der Waals surface area contributed by atoms with Crippen LogP contribution in [-0.4, -0.2) is 12.6 Å². The Morgan fingerprint density at radius 3 is 2.25 bits per heavy atom. The van der Waals surface area contributed by atoms with Gasteiger partial charge in [-0.2, -0.15) is 0 Å². The van der Waals surface area contributed by atoms with E-state index in [1.165, 1.54) is 0 Å². The van der Waals surface area contributed by atoms with Crippen LogP contribution in [0, 0.1) is 0 Å². The maximum Gasteiger partial charge on any atom is 0.0435 e. The molecule has 0 fully saturated rings. The van der Waals surface area contributed by atoms with Gasteiger partial charge < -0.3 is 5.32 Å². The summed E-state index contributed by atoms with van der Waals surface area (Å²) in [6.07, 6.45) is 7.55. The van der Waals surface area contributed by atoms with Gasteiger partial charge in [-0.25, -0.2) is 0 Å². The fourth-order valence-electron chi connectivity index (χ4n) is 0.664. The highest BCUT2D eigenvalue weighted by Gasteiger charge is 1.91. The summed E-state index contributed by atoms with van der Waals surface area (Å²) in [6.45, 7) is 14.3. The molecule has 0 heterocycles. The lowest BCUT2D eigenvalue weighted by atomic mass is 10.2. The summed E-state index contributed by atoms with van der Waals surface area (Å²) >= 11 is 0. The van der Waals surface area contributed by atoms with Crippen LogP contribution in [0.5, 0.6) is 0 Å². The first-order valence-corrected chi connectivity index (χ1v) is 4.50. The van der Waals surface area contributed by atoms with Gasteiger partial charge in [0.05, 0.1) is 0 Å². The molecule has 1 atom stereocenters. The molecule has 0 amide bonds. The van der Waals surface area contributed by atoms with Crippen molar-refractivity contribution in [3.63, 3.8) is 0 Å². The van der Waals surface area contributed by atoms with E-state index in [0.29, 0.717) is 0 Å². The van der Waals surface area contributed by atoms with Crippen molar-refractivity contribution >= 4 is 0 Å². The summed E-state index contributed by atoms with van der Waals surface area (Å²) < 4.78 is 0. The van der Waals surface area contributed by atoms with Crippen molar-refractivity contribution in [2.24, 2.45) is 0 Å². The molecule has 1 heteroatoms. The predicted molar refractivity (Wildman–Crippen MR) is 58.3 cm³/mol. The molecule has 0 aliphatic rings. The van der Waals surface area contributed by atoms with Crippen LogP contribution in [0.4, 0.5) is 0 Å². The van der Waals surface area contributed by atoms with Gasteiger partial charge in [0.25, 0.3) is 0 Å². The smallest absolute Gasteiger partial charge is 0.0435 e. The molecule has 1 nitrogen and oxygen atoms in total. The topological polar surface area (TPSA) is 12.0 Å². The molecule has 1 unspecified atom stereocenters. The van der Waals surface area contributed by atoms with Gasteiger partial charge in [-0.15, -0.1) is 6.58 Å². The summed E-state index contributed by atoms with van der Waals surface area (Å²) in [5, 5.41) is 3.21. The third-order valence-corrected chi connectivity index (χ3v) is 1.15. The molecule has 0 saturated heterocycles. The highest BCUT2D eigenvalue weighted by atomic mass is 14.9. The molecule has 0 radical (unpaired) electrons. The molecule has 0 aromatic rings. The minimum Gasteiger partial charge on any atom is -0.308 e. The summed E-state index contributed by atoms with van der Waals surface area (Å²) in [5.41, 5.74) is 0. The second-order valence-electron chi connectivity index (χ2n) is 1.94. The molecule has 0 aliphatic carbocycles. The van der Waals surface area contributed by atoms with E-state index in [-0.39, 0.29) is 6.04 Å². The number of hydrogen-bond acceptors (Lipinski definition) is 1. The van der Waals surface area contributed by atoms with Crippen LogP contribution in [0.1, 0.15) is 20.8 Å². The van der Waals surface area contributed by atoms with Crippen molar-refractivity contribution in [2.45, 2.75) is 26.8 Å². The fourth-order valence-corrected chi connectivity index (χ4v) is 0.664. The Morgan fingerprint density at radius 2 is 1.92 bits per heavy atom. The van der Waals surface area contributed by atoms with Crippen molar-refractivity contribution in [1.29, 1.82) is 0 Å². The van der Waals surface area contributed by atoms with Gasteiger partial charge in [-0.1, -0.05) is 51.7 Å². The quantitative estimate of drug-likeness (QED) is 0.490. The van der Waals surface area contributed by atoms with Crippen LogP contribution < -0.4 is 5.32 Å². The predicted octanol–water partition coefficient (Wildman–Crippen LogP) is 2.92. The lowest BCUT2D eigenvalue weighted by molar-refractivity contribution is 0.708. The third kappa shape index (κ3) is 9.18. The van der Waals surface area contributed by atoms with E-state index in [0.717, 1.165) is 6.54 Å². The van der Waals surface area contributed by atoms with E-state index in [4.69, 9.17) is 0 Å². The Labute approximate surface area is 76.9 Å². The first-order valence-electron chi connectivity index (χ1n) is 4.50. The Hall–Kier alpha value is -0.820. The van der Waals surface area contributed by atoms with Gasteiger partial charge in [-0.05, 0) is 6.54 Å². The maximum absolute atomic E-state index is 3.68. The zero-order chi connectivity index (χ0) is 9.82. The number of hydrogen-bond donors (Lipinski definition) is 1. The molecular formula is C11H21N. The Kier molecular flexibility index (Phi) is 14.7. The summed E-state index contributed by atoms with van der Waals surface area (Å²) in [6, 6.07) is 0.281. The third-order valence-electron chi connectivity index (χ3n) is 1.15. The van der Waals surface area contributed by atoms with Crippen molar-refractivity contribution in [1.82, 2.24) is 5.32 Å². The van der Waals surface area contributed by atoms with E-state index in [1.54, 1.807) is 6.08 Å². The van der Waals surface area contributed by atoms with Crippen molar-refractivity contribution in [3.05, 3.63) is 37.5 Å². The van der Waals surface area contributed by atoms with E-state index < -0.39 is 0 Å². The lowest BCUT2D eigenvalue weighted by Gasteiger charge is -2.05. The second kappa shape index (κ2) is 12.8. The second-order valence-corrected chi connectivity index (χ2v) is 1.94. The van der Waals surface area contributed by atoms with E-state index in [2.05, 4.69) is 25.4 Å². The molecule has 0 rings (SSSR count). The molecule has 70 valence electrons. The molecule has 0 spiro atoms. The lowest BCUT2D eigenvalue weighted by Crippen LogP contribution is -2.23. The zero-order valence-electron chi connectivity index (χ0n) is 8.51. The molecule has 0 aromatic carbocycles. The molecule has 0 saturated carbocycles. The molecule has 12 heavy (non-hydrogen) atoms. The van der Waals surface area contributed by atoms with Gasteiger partial charge in [0.1, 0.15) is 0 Å². The summed E-state index contributed by atoms with van der Waals surface area (Å²) in [4.78, 5) is 0. The molecular weight excluding hydrogens is 146 g/mol. The molecule has 1 N–H and O–H groups in total. The Balaban J connectivity index is 0. The maximum atomic E-state index is 3.68. The van der Waals surface area contributed by atoms with Crippen LogP contribution in [0.2, 0.25) is 0 Å². The SMILES string of the molecule is C=C/C=C\C(C=C)NCC.CC. The average molecular weight is 167 g/mol. The number of nitrogens with one attached hydrogen (secondary N) is 1. The van der Waals surface area contributed by atoms with Gasteiger partial charge in [0.2, 0.25) is 0 Å². The average Bonchev–Trinajstić information content (AvgIpc) is 2.15. The molecule has 0 aliphatic heterocycles. The molecule has 0 aromatic heterocycles. The Bertz CT molecular complexity index is 125. The normalized spacial score (nSPS) is 11.6. The minimum atomic E-state index is 0.281. The van der Waals surface area contributed by atoms with Crippen LogP contribution in [0.3, 0.4) is 0 Å². The van der Waals surface area contributed by atoms with Gasteiger partial charge >= 0.3 is 0 Å². The van der Waals surface area contributed by atoms with Crippen molar-refractivity contribution < 1.29 is 0 Å². The molecule has 0 bridgehead atoms. The van der Waals surface area contributed by atoms with Gasteiger partial charge in [-0.3, -0.25) is 0 Å². The summed E-state index contributed by atoms with van der Waals surface area (Å²) in [5.74, 6) is 0. The monoisotopic (exact) mass is 167 g/mol. The minimum absolute atomic E-state index is 0.281. The van der Waals surface area contributed by atoms with E-state index in [9.17, 15) is 0 Å². The largest absolute Gasteiger partial charge is 0.308 e. The van der Waals surface area contributed by atoms with E-state index >= 15 is 0 Å². The fraction of sp³-hybridized carbons (Fsp3) is 0.455. The zero-order valence-corrected chi connectivity index (χ0v) is 8.51. The van der Waals surface area contributed by atoms with Crippen LogP contribution in [-0.2, 0) is 0 Å². The van der Waals surface area contributed by atoms with Crippen molar-refractivity contribution in [2.75, 3.05) is 6.54 Å². The van der Waals surface area contributed by atoms with Crippen LogP contribution >= 0.6 is 0 Å². The van der Waals surface area contributed by atoms with Crippen molar-refractivity contribution in [3.8, 4) is 0 Å². The first kappa shape index (κ1) is 13.7. The standard InChI is InChI=1S/C9H15N.C2H6/c1-4-7-8-9(5-2)10-6-3;1-2/h4-5,7-10H,1-2,6H2,3H3;1-2H3/b8-7-;. The van der Waals surface area contributed by atoms with Gasteiger partial charge in [0, 0.05) is 6.04 Å². The first-order chi connectivity index (χ1) is 5.85. The van der Waals surface area contributed by atoms with E-state index in [1.807, 2.05) is 32.1 Å². The van der Waals surface area contributed by atoms with Gasteiger partial charge in [0.15, 0.2) is 0 Å². The highest BCUT2D eigenvalue weighted by molar-refractivity contribution is 5.08.